The minimum atomic E-state index is 0. The van der Waals surface area contributed by atoms with E-state index in [9.17, 15) is 0 Å². The van der Waals surface area contributed by atoms with Crippen LogP contribution >= 0.6 is 0 Å². The Bertz CT molecular complexity index is 58.3. The Labute approximate surface area is 90.4 Å². The minimum Gasteiger partial charge on any atom is -0.459 e. The van der Waals surface area contributed by atoms with Crippen molar-refractivity contribution < 1.29 is 32.7 Å². The summed E-state index contributed by atoms with van der Waals surface area (Å²) >= 11 is 0. The van der Waals surface area contributed by atoms with Gasteiger partial charge in [0.15, 0.2) is 0 Å². The molecule has 10 heavy (non-hydrogen) atoms. The molecule has 0 aromatic carbocycles. The van der Waals surface area contributed by atoms with Gasteiger partial charge in [0.1, 0.15) is 0 Å². The summed E-state index contributed by atoms with van der Waals surface area (Å²) in [5, 5.41) is 0. The molecule has 1 aliphatic rings. The van der Waals surface area contributed by atoms with Crippen molar-refractivity contribution in [2.24, 2.45) is 5.92 Å². The van der Waals surface area contributed by atoms with Gasteiger partial charge in [0, 0.05) is 32.7 Å². The van der Waals surface area contributed by atoms with E-state index in [1.165, 1.54) is 19.5 Å². The van der Waals surface area contributed by atoms with Crippen LogP contribution in [-0.2, 0) is 32.7 Å². The van der Waals surface area contributed by atoms with Crippen molar-refractivity contribution >= 4 is 0 Å². The second-order valence-corrected chi connectivity index (χ2v) is 2.47. The van der Waals surface area contributed by atoms with Gasteiger partial charge in [-0.3, -0.25) is 7.05 Å². The molecule has 1 saturated heterocycles. The summed E-state index contributed by atoms with van der Waals surface area (Å²) < 4.78 is 0. The van der Waals surface area contributed by atoms with Crippen LogP contribution < -0.4 is 0 Å². The van der Waals surface area contributed by atoms with E-state index >= 15 is 0 Å². The quantitative estimate of drug-likeness (QED) is 0.562. The molecule has 0 aromatic rings. The minimum absolute atomic E-state index is 0. The van der Waals surface area contributed by atoms with E-state index in [-0.39, 0.29) is 32.7 Å². The van der Waals surface area contributed by atoms with Crippen LogP contribution in [-0.4, -0.2) is 18.0 Å². The van der Waals surface area contributed by atoms with Crippen molar-refractivity contribution in [3.05, 3.63) is 7.05 Å². The summed E-state index contributed by atoms with van der Waals surface area (Å²) in [5.74, 6) is 0.887. The third-order valence-electron chi connectivity index (χ3n) is 1.51. The maximum Gasteiger partial charge on any atom is 0 e. The van der Waals surface area contributed by atoms with E-state index in [1.54, 1.807) is 0 Å². The van der Waals surface area contributed by atoms with Gasteiger partial charge in [-0.1, -0.05) is 20.8 Å². The molecular weight excluding hydrogens is 199 g/mol. The molecule has 1 heterocycles. The molecule has 0 aromatic heterocycles. The fourth-order valence-corrected chi connectivity index (χ4v) is 1.03. The van der Waals surface area contributed by atoms with Gasteiger partial charge in [0.2, 0.25) is 0 Å². The maximum absolute atomic E-state index is 3.82. The van der Waals surface area contributed by atoms with Crippen LogP contribution in [0.2, 0.25) is 0 Å². The van der Waals surface area contributed by atoms with Gasteiger partial charge >= 0.3 is 0 Å². The predicted molar refractivity (Wildman–Crippen MR) is 42.1 cm³/mol. The van der Waals surface area contributed by atoms with Gasteiger partial charge in [-0.25, -0.2) is 0 Å². The molecule has 1 nitrogen and oxygen atoms in total. The molecule has 0 amide bonds. The van der Waals surface area contributed by atoms with Crippen LogP contribution in [0.4, 0.5) is 0 Å². The zero-order chi connectivity index (χ0) is 7.28. The second kappa shape index (κ2) is 8.16. The number of nitrogens with zero attached hydrogens (tertiary/aromatic N) is 1. The monoisotopic (exact) mass is 217 g/mol. The van der Waals surface area contributed by atoms with Crippen molar-refractivity contribution in [1.29, 1.82) is 0 Å². The van der Waals surface area contributed by atoms with E-state index in [1.807, 2.05) is 13.8 Å². The SMILES string of the molecule is CC.[CH2-]N1CCC(C)C1.[Y]. The predicted octanol–water partition coefficient (Wildman–Crippen LogP) is 2.14. The van der Waals surface area contributed by atoms with Crippen LogP contribution in [0.3, 0.4) is 0 Å². The Hall–Kier alpha value is 1.06. The Kier molecular flexibility index (Phi) is 11.1. The topological polar surface area (TPSA) is 3.24 Å². The van der Waals surface area contributed by atoms with Crippen molar-refractivity contribution in [2.75, 3.05) is 13.1 Å². The van der Waals surface area contributed by atoms with E-state index in [0.29, 0.717) is 0 Å². The Morgan fingerprint density at radius 1 is 1.40 bits per heavy atom. The molecule has 0 spiro atoms. The maximum atomic E-state index is 3.82. The van der Waals surface area contributed by atoms with E-state index in [2.05, 4.69) is 18.9 Å². The van der Waals surface area contributed by atoms with Crippen molar-refractivity contribution in [2.45, 2.75) is 27.2 Å². The van der Waals surface area contributed by atoms with Gasteiger partial charge in [-0.2, -0.15) is 0 Å². The summed E-state index contributed by atoms with van der Waals surface area (Å²) in [7, 11) is 3.82. The van der Waals surface area contributed by atoms with Crippen molar-refractivity contribution in [3.63, 3.8) is 0 Å². The first-order chi connectivity index (χ1) is 4.29. The van der Waals surface area contributed by atoms with Crippen LogP contribution in [0, 0.1) is 13.0 Å². The standard InChI is InChI=1S/C6H12N.C2H6.Y/c1-6-3-4-7(2)5-6;1-2;/h6H,2-5H2,1H3;1-2H3;/q-1;;. The zero-order valence-corrected chi connectivity index (χ0v) is 10.3. The normalized spacial score (nSPS) is 24.6. The van der Waals surface area contributed by atoms with E-state index in [4.69, 9.17) is 0 Å². The molecule has 0 saturated carbocycles. The van der Waals surface area contributed by atoms with Crippen molar-refractivity contribution in [1.82, 2.24) is 4.90 Å². The fourth-order valence-electron chi connectivity index (χ4n) is 1.03. The summed E-state index contributed by atoms with van der Waals surface area (Å²) in [6.07, 6.45) is 1.34. The average Bonchev–Trinajstić information content (AvgIpc) is 2.20. The molecule has 1 radical (unpaired) electrons. The Balaban J connectivity index is 0. The van der Waals surface area contributed by atoms with Crippen LogP contribution in [0.25, 0.3) is 0 Å². The van der Waals surface area contributed by atoms with E-state index < -0.39 is 0 Å². The number of likely N-dealkylation sites (tertiary alicyclic amines) is 1. The zero-order valence-electron chi connectivity index (χ0n) is 7.43. The van der Waals surface area contributed by atoms with Crippen LogP contribution in [0.1, 0.15) is 27.2 Å². The third kappa shape index (κ3) is 5.82. The average molecular weight is 217 g/mol. The van der Waals surface area contributed by atoms with Crippen molar-refractivity contribution in [3.8, 4) is 0 Å². The van der Waals surface area contributed by atoms with Crippen LogP contribution in [0.5, 0.6) is 0 Å². The Morgan fingerprint density at radius 2 is 1.90 bits per heavy atom. The molecule has 1 fully saturated rings. The second-order valence-electron chi connectivity index (χ2n) is 2.47. The number of rotatable bonds is 0. The number of hydrogen-bond donors (Lipinski definition) is 0. The fraction of sp³-hybridized carbons (Fsp3) is 0.875. The largest absolute Gasteiger partial charge is 0.459 e. The van der Waals surface area contributed by atoms with E-state index in [0.717, 1.165) is 5.92 Å². The molecule has 0 bridgehead atoms. The molecule has 1 aliphatic heterocycles. The number of hydrogen-bond acceptors (Lipinski definition) is 1. The Morgan fingerprint density at radius 3 is 2.00 bits per heavy atom. The molecule has 1 unspecified atom stereocenters. The smallest absolute Gasteiger partial charge is 0 e. The summed E-state index contributed by atoms with van der Waals surface area (Å²) in [6.45, 7) is 8.66. The molecule has 2 heteroatoms. The van der Waals surface area contributed by atoms with Crippen LogP contribution in [0.15, 0.2) is 0 Å². The summed E-state index contributed by atoms with van der Waals surface area (Å²) in [6, 6.07) is 0. The molecule has 0 N–H and O–H groups in total. The third-order valence-corrected chi connectivity index (χ3v) is 1.51. The van der Waals surface area contributed by atoms with Gasteiger partial charge in [-0.05, 0) is 25.4 Å². The van der Waals surface area contributed by atoms with Gasteiger partial charge in [0.05, 0.1) is 0 Å². The molecule has 0 aliphatic carbocycles. The van der Waals surface area contributed by atoms with Gasteiger partial charge in [-0.15, -0.1) is 0 Å². The molecular formula is C8H18NY-. The van der Waals surface area contributed by atoms with Gasteiger partial charge < -0.3 is 4.90 Å². The first-order valence-electron chi connectivity index (χ1n) is 3.84. The summed E-state index contributed by atoms with van der Waals surface area (Å²) in [5.41, 5.74) is 0. The summed E-state index contributed by atoms with van der Waals surface area (Å²) in [4.78, 5) is 2.13. The first-order valence-corrected chi connectivity index (χ1v) is 3.84. The molecule has 1 rings (SSSR count). The first kappa shape index (κ1) is 13.6. The molecule has 59 valence electrons. The molecule has 1 atom stereocenters. The van der Waals surface area contributed by atoms with Gasteiger partial charge in [0.25, 0.3) is 0 Å².